The Morgan fingerprint density at radius 2 is 1.52 bits per heavy atom. The molecule has 0 spiro atoms. The molecule has 0 aliphatic carbocycles. The largest absolute Gasteiger partial charge is 0.469 e. The molecule has 2 amide bonds. The summed E-state index contributed by atoms with van der Waals surface area (Å²) in [4.78, 5) is 24.8. The highest BCUT2D eigenvalue weighted by atomic mass is 19.4. The number of alkyl halides is 6. The summed E-state index contributed by atoms with van der Waals surface area (Å²) >= 11 is 0. The van der Waals surface area contributed by atoms with E-state index in [2.05, 4.69) is 15.4 Å². The molecule has 0 saturated heterocycles. The van der Waals surface area contributed by atoms with Crippen molar-refractivity contribution in [3.63, 3.8) is 0 Å². The summed E-state index contributed by atoms with van der Waals surface area (Å²) in [7, 11) is 1.10. The third kappa shape index (κ3) is 7.55. The third-order valence-corrected chi connectivity index (χ3v) is 6.41. The lowest BCUT2D eigenvalue weighted by atomic mass is 9.88. The summed E-state index contributed by atoms with van der Waals surface area (Å²) < 4.78 is 87.1. The molecule has 0 radical (unpaired) electrons. The van der Waals surface area contributed by atoms with Gasteiger partial charge < -0.3 is 15.4 Å². The molecule has 0 aromatic heterocycles. The predicted octanol–water partition coefficient (Wildman–Crippen LogP) is 7.62. The first-order valence-corrected chi connectivity index (χ1v) is 12.3. The number of benzene rings is 3. The zero-order valence-corrected chi connectivity index (χ0v) is 21.9. The van der Waals surface area contributed by atoms with Gasteiger partial charge in [0.15, 0.2) is 0 Å². The van der Waals surface area contributed by atoms with Crippen LogP contribution in [0.4, 0.5) is 31.1 Å². The van der Waals surface area contributed by atoms with E-state index < -0.39 is 47.4 Å². The van der Waals surface area contributed by atoms with Gasteiger partial charge in [-0.1, -0.05) is 49.4 Å². The molecule has 0 fully saturated rings. The van der Waals surface area contributed by atoms with E-state index in [1.54, 1.807) is 37.3 Å². The van der Waals surface area contributed by atoms with E-state index in [0.717, 1.165) is 43.0 Å². The zero-order valence-electron chi connectivity index (χ0n) is 21.9. The lowest BCUT2D eigenvalue weighted by molar-refractivity contribution is -0.142. The molecule has 0 aliphatic heterocycles. The van der Waals surface area contributed by atoms with Gasteiger partial charge >= 0.3 is 24.4 Å². The highest BCUT2D eigenvalue weighted by Gasteiger charge is 2.34. The quantitative estimate of drug-likeness (QED) is 0.218. The number of rotatable bonds is 8. The SMILES string of the molecule is CCC(NC(=O)NCc1ccccc1)c1cc(C(F)(F)F)ccc1-c1cc(C(C)C(=O)OC)cc(C(F)(F)F)c1. The maximum absolute atomic E-state index is 13.8. The fourth-order valence-corrected chi connectivity index (χ4v) is 4.21. The van der Waals surface area contributed by atoms with Gasteiger partial charge in [0.25, 0.3) is 0 Å². The molecule has 0 heterocycles. The van der Waals surface area contributed by atoms with Crippen molar-refractivity contribution in [2.75, 3.05) is 7.11 Å². The van der Waals surface area contributed by atoms with Crippen LogP contribution in [-0.2, 0) is 28.4 Å². The Bertz CT molecular complexity index is 1340. The molecule has 214 valence electrons. The first-order valence-electron chi connectivity index (χ1n) is 12.3. The van der Waals surface area contributed by atoms with Gasteiger partial charge in [-0.05, 0) is 65.4 Å². The zero-order chi connectivity index (χ0) is 29.7. The second-order valence-corrected chi connectivity index (χ2v) is 9.16. The monoisotopic (exact) mass is 566 g/mol. The van der Waals surface area contributed by atoms with Gasteiger partial charge in [0.1, 0.15) is 0 Å². The summed E-state index contributed by atoms with van der Waals surface area (Å²) in [6.45, 7) is 3.15. The lowest BCUT2D eigenvalue weighted by Gasteiger charge is -2.24. The number of hydrogen-bond donors (Lipinski definition) is 2. The van der Waals surface area contributed by atoms with Gasteiger partial charge in [-0.2, -0.15) is 26.3 Å². The first kappa shape index (κ1) is 30.5. The average Bonchev–Trinajstić information content (AvgIpc) is 2.93. The number of esters is 1. The lowest BCUT2D eigenvalue weighted by Crippen LogP contribution is -2.37. The van der Waals surface area contributed by atoms with Crippen LogP contribution in [0.2, 0.25) is 0 Å². The van der Waals surface area contributed by atoms with E-state index in [1.165, 1.54) is 13.0 Å². The van der Waals surface area contributed by atoms with Crippen LogP contribution >= 0.6 is 0 Å². The molecule has 0 saturated carbocycles. The molecule has 3 rings (SSSR count). The van der Waals surface area contributed by atoms with Crippen LogP contribution in [0.15, 0.2) is 66.7 Å². The molecule has 0 aliphatic rings. The standard InChI is InChI=1S/C29H28F6N2O3/c1-4-25(37-27(39)36-16-18-8-6-5-7-9-18)24-15-21(28(30,31)32)10-11-23(24)20-12-19(17(2)26(38)40-3)13-22(14-20)29(33,34)35/h5-15,17,25H,4,16H2,1-3H3,(H2,36,37,39). The summed E-state index contributed by atoms with van der Waals surface area (Å²) in [6, 6.07) is 12.9. The summed E-state index contributed by atoms with van der Waals surface area (Å²) in [6.07, 6.45) is -9.40. The predicted molar refractivity (Wildman–Crippen MR) is 137 cm³/mol. The van der Waals surface area contributed by atoms with Crippen LogP contribution in [0.3, 0.4) is 0 Å². The minimum absolute atomic E-state index is 0.0239. The third-order valence-electron chi connectivity index (χ3n) is 6.41. The Labute approximate surface area is 227 Å². The Hall–Kier alpha value is -4.02. The second kappa shape index (κ2) is 12.4. The van der Waals surface area contributed by atoms with Crippen molar-refractivity contribution in [1.29, 1.82) is 0 Å². The van der Waals surface area contributed by atoms with Crippen molar-refractivity contribution in [3.8, 4) is 11.1 Å². The van der Waals surface area contributed by atoms with Crippen molar-refractivity contribution >= 4 is 12.0 Å². The Balaban J connectivity index is 2.10. The van der Waals surface area contributed by atoms with Gasteiger partial charge in [-0.15, -0.1) is 0 Å². The highest BCUT2D eigenvalue weighted by molar-refractivity contribution is 5.80. The minimum Gasteiger partial charge on any atom is -0.469 e. The van der Waals surface area contributed by atoms with E-state index in [-0.39, 0.29) is 35.2 Å². The smallest absolute Gasteiger partial charge is 0.416 e. The number of carbonyl (C=O) groups excluding carboxylic acids is 2. The van der Waals surface area contributed by atoms with Gasteiger partial charge in [-0.25, -0.2) is 4.79 Å². The number of amides is 2. The van der Waals surface area contributed by atoms with E-state index in [0.29, 0.717) is 0 Å². The maximum atomic E-state index is 13.8. The van der Waals surface area contributed by atoms with Gasteiger partial charge in [0.05, 0.1) is 30.2 Å². The van der Waals surface area contributed by atoms with Crippen molar-refractivity contribution < 1.29 is 40.7 Å². The van der Waals surface area contributed by atoms with Crippen LogP contribution in [-0.4, -0.2) is 19.1 Å². The van der Waals surface area contributed by atoms with E-state index in [1.807, 2.05) is 0 Å². The fraction of sp³-hybridized carbons (Fsp3) is 0.310. The van der Waals surface area contributed by atoms with Crippen molar-refractivity contribution in [2.45, 2.75) is 51.1 Å². The highest BCUT2D eigenvalue weighted by Crippen LogP contribution is 2.40. The maximum Gasteiger partial charge on any atom is 0.416 e. The molecule has 2 unspecified atom stereocenters. The van der Waals surface area contributed by atoms with E-state index in [9.17, 15) is 35.9 Å². The van der Waals surface area contributed by atoms with E-state index in [4.69, 9.17) is 0 Å². The van der Waals surface area contributed by atoms with E-state index >= 15 is 0 Å². The minimum atomic E-state index is -4.80. The molecule has 3 aromatic carbocycles. The van der Waals surface area contributed by atoms with Crippen molar-refractivity contribution in [2.24, 2.45) is 0 Å². The molecule has 0 bridgehead atoms. The van der Waals surface area contributed by atoms with Crippen LogP contribution in [0, 0.1) is 0 Å². The molecule has 11 heteroatoms. The van der Waals surface area contributed by atoms with Crippen LogP contribution in [0.5, 0.6) is 0 Å². The van der Waals surface area contributed by atoms with Crippen molar-refractivity contribution in [3.05, 3.63) is 94.5 Å². The Morgan fingerprint density at radius 3 is 2.10 bits per heavy atom. The number of urea groups is 1. The summed E-state index contributed by atoms with van der Waals surface area (Å²) in [5.41, 5.74) is -1.37. The van der Waals surface area contributed by atoms with Crippen LogP contribution in [0.25, 0.3) is 11.1 Å². The number of halogens is 6. The Kier molecular flexibility index (Phi) is 9.49. The number of ether oxygens (including phenoxy) is 1. The molecule has 2 N–H and O–H groups in total. The fourth-order valence-electron chi connectivity index (χ4n) is 4.21. The normalized spacial score (nSPS) is 13.3. The first-order chi connectivity index (χ1) is 18.7. The second-order valence-electron chi connectivity index (χ2n) is 9.16. The van der Waals surface area contributed by atoms with Gasteiger partial charge in [-0.3, -0.25) is 4.79 Å². The number of methoxy groups -OCH3 is 1. The summed E-state index contributed by atoms with van der Waals surface area (Å²) in [5, 5.41) is 5.28. The average molecular weight is 567 g/mol. The van der Waals surface area contributed by atoms with Crippen molar-refractivity contribution in [1.82, 2.24) is 10.6 Å². The molecule has 40 heavy (non-hydrogen) atoms. The Morgan fingerprint density at radius 1 is 0.875 bits per heavy atom. The summed E-state index contributed by atoms with van der Waals surface area (Å²) in [5.74, 6) is -1.85. The number of hydrogen-bond acceptors (Lipinski definition) is 3. The van der Waals surface area contributed by atoms with Crippen LogP contribution < -0.4 is 10.6 Å². The molecule has 5 nitrogen and oxygen atoms in total. The van der Waals surface area contributed by atoms with Gasteiger partial charge in [0, 0.05) is 6.54 Å². The molecular weight excluding hydrogens is 538 g/mol. The number of carbonyl (C=O) groups is 2. The van der Waals surface area contributed by atoms with Crippen LogP contribution in [0.1, 0.15) is 60.0 Å². The molecular formula is C29H28F6N2O3. The van der Waals surface area contributed by atoms with Gasteiger partial charge in [0.2, 0.25) is 0 Å². The topological polar surface area (TPSA) is 67.4 Å². The number of nitrogens with one attached hydrogen (secondary N) is 2. The molecule has 3 aromatic rings. The molecule has 2 atom stereocenters.